The van der Waals surface area contributed by atoms with Crippen LogP contribution in [0, 0.1) is 0 Å². The van der Waals surface area contributed by atoms with Crippen LogP contribution in [0.3, 0.4) is 0 Å². The summed E-state index contributed by atoms with van der Waals surface area (Å²) in [5.74, 6) is -0.395. The lowest BCUT2D eigenvalue weighted by Crippen LogP contribution is -2.29. The van der Waals surface area contributed by atoms with Gasteiger partial charge in [0.2, 0.25) is 5.91 Å². The van der Waals surface area contributed by atoms with Gasteiger partial charge in [0.05, 0.1) is 6.10 Å². The second-order valence-electron chi connectivity index (χ2n) is 5.52. The fourth-order valence-corrected chi connectivity index (χ4v) is 2.18. The van der Waals surface area contributed by atoms with Crippen molar-refractivity contribution >= 4 is 5.91 Å². The van der Waals surface area contributed by atoms with Gasteiger partial charge in [0.25, 0.3) is 0 Å². The van der Waals surface area contributed by atoms with Crippen LogP contribution >= 0.6 is 0 Å². The number of amides is 1. The van der Waals surface area contributed by atoms with E-state index in [9.17, 15) is 18.0 Å². The van der Waals surface area contributed by atoms with E-state index in [-0.39, 0.29) is 12.6 Å². The molecule has 0 radical (unpaired) electrons. The number of ether oxygens (including phenoxy) is 1. The smallest absolute Gasteiger partial charge is 0.374 e. The molecular weight excluding hydrogens is 335 g/mol. The summed E-state index contributed by atoms with van der Waals surface area (Å²) in [6.07, 6.45) is -2.81. The second kappa shape index (κ2) is 8.66. The van der Waals surface area contributed by atoms with Crippen molar-refractivity contribution in [3.63, 3.8) is 0 Å². The van der Waals surface area contributed by atoms with E-state index in [2.05, 4.69) is 10.4 Å². The molecule has 1 aromatic heterocycles. The zero-order chi connectivity index (χ0) is 18.3. The highest BCUT2D eigenvalue weighted by atomic mass is 19.4. The van der Waals surface area contributed by atoms with Gasteiger partial charge < -0.3 is 10.1 Å². The van der Waals surface area contributed by atoms with Crippen molar-refractivity contribution < 1.29 is 22.7 Å². The summed E-state index contributed by atoms with van der Waals surface area (Å²) < 4.78 is 43.9. The third-order valence-corrected chi connectivity index (χ3v) is 3.52. The highest BCUT2D eigenvalue weighted by Gasteiger charge is 2.33. The zero-order valence-electron chi connectivity index (χ0n) is 13.8. The maximum Gasteiger partial charge on any atom is 0.435 e. The summed E-state index contributed by atoms with van der Waals surface area (Å²) in [5, 5.41) is 5.96. The first-order valence-corrected chi connectivity index (χ1v) is 7.90. The molecule has 1 unspecified atom stereocenters. The van der Waals surface area contributed by atoms with E-state index in [1.807, 2.05) is 37.3 Å². The van der Waals surface area contributed by atoms with E-state index >= 15 is 0 Å². The number of hydrogen-bond acceptors (Lipinski definition) is 3. The summed E-state index contributed by atoms with van der Waals surface area (Å²) in [6.45, 7) is 2.55. The number of alkyl halides is 3. The van der Waals surface area contributed by atoms with Gasteiger partial charge in [0.15, 0.2) is 5.69 Å². The van der Waals surface area contributed by atoms with Gasteiger partial charge >= 0.3 is 6.18 Å². The van der Waals surface area contributed by atoms with Crippen molar-refractivity contribution in [2.45, 2.75) is 32.2 Å². The monoisotopic (exact) mass is 355 g/mol. The Balaban J connectivity index is 1.63. The molecule has 0 bridgehead atoms. The number of hydrogen-bond donors (Lipinski definition) is 1. The van der Waals surface area contributed by atoms with Gasteiger partial charge in [0.1, 0.15) is 6.54 Å². The highest BCUT2D eigenvalue weighted by molar-refractivity contribution is 5.75. The summed E-state index contributed by atoms with van der Waals surface area (Å²) in [5.41, 5.74) is 0.0642. The summed E-state index contributed by atoms with van der Waals surface area (Å²) >= 11 is 0. The van der Waals surface area contributed by atoms with Crippen molar-refractivity contribution in [1.29, 1.82) is 0 Å². The molecular formula is C17H20F3N3O2. The van der Waals surface area contributed by atoms with Crippen molar-refractivity contribution in [3.8, 4) is 0 Å². The Hall–Kier alpha value is -2.35. The molecule has 0 aliphatic heterocycles. The number of rotatable bonds is 8. The molecule has 1 heterocycles. The standard InChI is InChI=1S/C17H20F3N3O2/c1-13(14-6-3-2-4-7-14)25-11-5-9-21-16(24)12-23-10-8-15(22-23)17(18,19)20/h2-4,6-8,10,13H,5,9,11-12H2,1H3,(H,21,24). The molecule has 5 nitrogen and oxygen atoms in total. The molecule has 0 saturated heterocycles. The molecule has 8 heteroatoms. The van der Waals surface area contributed by atoms with E-state index in [1.165, 1.54) is 0 Å². The molecule has 2 aromatic rings. The van der Waals surface area contributed by atoms with Crippen LogP contribution in [0.25, 0.3) is 0 Å². The van der Waals surface area contributed by atoms with Crippen LogP contribution in [0.2, 0.25) is 0 Å². The summed E-state index contributed by atoms with van der Waals surface area (Å²) in [6, 6.07) is 10.6. The van der Waals surface area contributed by atoms with Crippen molar-refractivity contribution in [3.05, 3.63) is 53.9 Å². The van der Waals surface area contributed by atoms with Crippen molar-refractivity contribution in [2.24, 2.45) is 0 Å². The molecule has 1 aromatic carbocycles. The van der Waals surface area contributed by atoms with Gasteiger partial charge in [-0.3, -0.25) is 9.48 Å². The number of halogens is 3. The Kier molecular flexibility index (Phi) is 6.58. The molecule has 2 rings (SSSR count). The normalized spacial score (nSPS) is 12.8. The van der Waals surface area contributed by atoms with Crippen molar-refractivity contribution in [1.82, 2.24) is 15.1 Å². The van der Waals surface area contributed by atoms with Gasteiger partial charge in [0, 0.05) is 19.3 Å². The largest absolute Gasteiger partial charge is 0.435 e. The second-order valence-corrected chi connectivity index (χ2v) is 5.52. The predicted octanol–water partition coefficient (Wildman–Crippen LogP) is 3.19. The minimum atomic E-state index is -4.51. The van der Waals surface area contributed by atoms with Crippen LogP contribution in [-0.4, -0.2) is 28.8 Å². The first-order chi connectivity index (χ1) is 11.9. The van der Waals surface area contributed by atoms with Crippen LogP contribution < -0.4 is 5.32 Å². The van der Waals surface area contributed by atoms with E-state index in [0.717, 1.165) is 22.5 Å². The van der Waals surface area contributed by atoms with E-state index < -0.39 is 17.8 Å². The van der Waals surface area contributed by atoms with Gasteiger partial charge in [-0.1, -0.05) is 30.3 Å². The fraction of sp³-hybridized carbons (Fsp3) is 0.412. The molecule has 25 heavy (non-hydrogen) atoms. The van der Waals surface area contributed by atoms with E-state index in [4.69, 9.17) is 4.74 Å². The lowest BCUT2D eigenvalue weighted by atomic mass is 10.1. The number of carbonyl (C=O) groups excluding carboxylic acids is 1. The number of nitrogens with one attached hydrogen (secondary N) is 1. The van der Waals surface area contributed by atoms with E-state index in [1.54, 1.807) is 0 Å². The molecule has 1 amide bonds. The van der Waals surface area contributed by atoms with Crippen LogP contribution in [0.1, 0.15) is 30.7 Å². The molecule has 0 saturated carbocycles. The molecule has 0 spiro atoms. The minimum absolute atomic E-state index is 0.0400. The third-order valence-electron chi connectivity index (χ3n) is 3.52. The molecule has 1 N–H and O–H groups in total. The molecule has 0 aliphatic rings. The van der Waals surface area contributed by atoms with Crippen molar-refractivity contribution in [2.75, 3.05) is 13.2 Å². The lowest BCUT2D eigenvalue weighted by Gasteiger charge is -2.13. The maximum atomic E-state index is 12.4. The molecule has 0 fully saturated rings. The van der Waals surface area contributed by atoms with Crippen LogP contribution in [0.15, 0.2) is 42.6 Å². The SMILES string of the molecule is CC(OCCCNC(=O)Cn1ccc(C(F)(F)F)n1)c1ccccc1. The summed E-state index contributed by atoms with van der Waals surface area (Å²) in [7, 11) is 0. The predicted molar refractivity (Wildman–Crippen MR) is 85.7 cm³/mol. The van der Waals surface area contributed by atoms with E-state index in [0.29, 0.717) is 19.6 Å². The Morgan fingerprint density at radius 1 is 1.28 bits per heavy atom. The molecule has 0 aliphatic carbocycles. The fourth-order valence-electron chi connectivity index (χ4n) is 2.18. The van der Waals surface area contributed by atoms with Crippen LogP contribution in [-0.2, 0) is 22.3 Å². The highest BCUT2D eigenvalue weighted by Crippen LogP contribution is 2.27. The Bertz CT molecular complexity index is 671. The Morgan fingerprint density at radius 3 is 2.64 bits per heavy atom. The number of nitrogens with zero attached hydrogens (tertiary/aromatic N) is 2. The third kappa shape index (κ3) is 6.22. The average Bonchev–Trinajstić information content (AvgIpc) is 3.04. The topological polar surface area (TPSA) is 56.1 Å². The Morgan fingerprint density at radius 2 is 2.00 bits per heavy atom. The lowest BCUT2D eigenvalue weighted by molar-refractivity contribution is -0.141. The number of aromatic nitrogens is 2. The number of benzene rings is 1. The first kappa shape index (κ1) is 19.0. The zero-order valence-corrected chi connectivity index (χ0v) is 13.8. The maximum absolute atomic E-state index is 12.4. The van der Waals surface area contributed by atoms with Gasteiger partial charge in [-0.15, -0.1) is 0 Å². The van der Waals surface area contributed by atoms with Crippen LogP contribution in [0.5, 0.6) is 0 Å². The molecule has 136 valence electrons. The Labute approximate surface area is 143 Å². The summed E-state index contributed by atoms with van der Waals surface area (Å²) in [4.78, 5) is 11.7. The van der Waals surface area contributed by atoms with Crippen LogP contribution in [0.4, 0.5) is 13.2 Å². The number of carbonyl (C=O) groups is 1. The average molecular weight is 355 g/mol. The molecule has 1 atom stereocenters. The van der Waals surface area contributed by atoms with Gasteiger partial charge in [-0.2, -0.15) is 18.3 Å². The van der Waals surface area contributed by atoms with Gasteiger partial charge in [-0.25, -0.2) is 0 Å². The van der Waals surface area contributed by atoms with Gasteiger partial charge in [-0.05, 0) is 25.0 Å². The first-order valence-electron chi connectivity index (χ1n) is 7.90. The quantitative estimate of drug-likeness (QED) is 0.740. The minimum Gasteiger partial charge on any atom is -0.374 e.